The number of alkyl halides is 2. The van der Waals surface area contributed by atoms with Crippen molar-refractivity contribution < 1.29 is 36.6 Å². The standard InChI is InChI=1S/C30H43F2N3O6S/c1-19-22(26(36)33-15-14-30(5,6)27(37)38)17-23(35(19)18-20-10-8-7-9-11-20)21-12-13-25(24(16-21)41-28(31)32)42(39,40)34-29(2,3)4/h12-13,16-17,20,28,34H,7-11,14-15,18H2,1-6H3,(H,33,36)(H,37,38). The predicted octanol–water partition coefficient (Wildman–Crippen LogP) is 5.95. The molecule has 0 radical (unpaired) electrons. The molecule has 0 bridgehead atoms. The lowest BCUT2D eigenvalue weighted by molar-refractivity contribution is -0.147. The second kappa shape index (κ2) is 13.1. The monoisotopic (exact) mass is 611 g/mol. The largest absolute Gasteiger partial charge is 0.481 e. The second-order valence-electron chi connectivity index (χ2n) is 12.7. The highest BCUT2D eigenvalue weighted by Crippen LogP contribution is 2.36. The normalized spacial score (nSPS) is 15.2. The number of nitrogens with zero attached hydrogens (tertiary/aromatic N) is 1. The summed E-state index contributed by atoms with van der Waals surface area (Å²) in [6.07, 6.45) is 5.66. The number of sulfonamides is 1. The first-order chi connectivity index (χ1) is 19.4. The number of rotatable bonds is 12. The molecule has 0 saturated heterocycles. The number of hydrogen-bond acceptors (Lipinski definition) is 5. The van der Waals surface area contributed by atoms with E-state index in [1.807, 2.05) is 11.5 Å². The fourth-order valence-corrected chi connectivity index (χ4v) is 6.74. The molecule has 234 valence electrons. The van der Waals surface area contributed by atoms with Gasteiger partial charge in [0.25, 0.3) is 5.91 Å². The molecule has 9 nitrogen and oxygen atoms in total. The number of carboxylic acid groups (broad SMARTS) is 1. The zero-order valence-corrected chi connectivity index (χ0v) is 26.0. The third-order valence-electron chi connectivity index (χ3n) is 7.58. The van der Waals surface area contributed by atoms with Crippen molar-refractivity contribution in [3.05, 3.63) is 35.5 Å². The summed E-state index contributed by atoms with van der Waals surface area (Å²) < 4.78 is 62.1. The highest BCUT2D eigenvalue weighted by molar-refractivity contribution is 7.89. The van der Waals surface area contributed by atoms with Gasteiger partial charge in [0.15, 0.2) is 0 Å². The van der Waals surface area contributed by atoms with Gasteiger partial charge in [0, 0.05) is 35.6 Å². The van der Waals surface area contributed by atoms with Crippen LogP contribution in [0.15, 0.2) is 29.2 Å². The highest BCUT2D eigenvalue weighted by atomic mass is 32.2. The maximum absolute atomic E-state index is 13.4. The molecule has 1 amide bonds. The smallest absolute Gasteiger partial charge is 0.387 e. The number of carbonyl (C=O) groups is 2. The van der Waals surface area contributed by atoms with Gasteiger partial charge in [-0.1, -0.05) is 25.3 Å². The van der Waals surface area contributed by atoms with E-state index in [1.165, 1.54) is 24.6 Å². The lowest BCUT2D eigenvalue weighted by Crippen LogP contribution is -2.40. The molecule has 0 atom stereocenters. The summed E-state index contributed by atoms with van der Waals surface area (Å²) in [7, 11) is -4.19. The van der Waals surface area contributed by atoms with E-state index in [0.717, 1.165) is 25.7 Å². The number of carbonyl (C=O) groups excluding carboxylic acids is 1. The van der Waals surface area contributed by atoms with Crippen LogP contribution in [0.25, 0.3) is 11.3 Å². The second-order valence-corrected chi connectivity index (χ2v) is 14.4. The van der Waals surface area contributed by atoms with Gasteiger partial charge >= 0.3 is 12.6 Å². The third kappa shape index (κ3) is 8.53. The van der Waals surface area contributed by atoms with E-state index in [-0.39, 0.29) is 18.9 Å². The van der Waals surface area contributed by atoms with Gasteiger partial charge in [-0.15, -0.1) is 0 Å². The van der Waals surface area contributed by atoms with Crippen LogP contribution in [-0.2, 0) is 21.4 Å². The van der Waals surface area contributed by atoms with Crippen LogP contribution in [0, 0.1) is 18.3 Å². The summed E-state index contributed by atoms with van der Waals surface area (Å²) in [6, 6.07) is 5.70. The van der Waals surface area contributed by atoms with Crippen molar-refractivity contribution in [1.29, 1.82) is 0 Å². The first-order valence-corrected chi connectivity index (χ1v) is 15.7. The lowest BCUT2D eigenvalue weighted by atomic mass is 9.89. The van der Waals surface area contributed by atoms with E-state index in [1.54, 1.807) is 40.7 Å². The van der Waals surface area contributed by atoms with Gasteiger partial charge in [0.2, 0.25) is 10.0 Å². The van der Waals surface area contributed by atoms with Crippen molar-refractivity contribution in [2.24, 2.45) is 11.3 Å². The van der Waals surface area contributed by atoms with Gasteiger partial charge in [-0.3, -0.25) is 9.59 Å². The number of aromatic nitrogens is 1. The average Bonchev–Trinajstić information content (AvgIpc) is 3.18. The number of nitrogens with one attached hydrogen (secondary N) is 2. The number of aliphatic carboxylic acids is 1. The van der Waals surface area contributed by atoms with E-state index < -0.39 is 44.2 Å². The molecule has 42 heavy (non-hydrogen) atoms. The van der Waals surface area contributed by atoms with Crippen molar-refractivity contribution in [3.63, 3.8) is 0 Å². The van der Waals surface area contributed by atoms with Crippen LogP contribution in [0.2, 0.25) is 0 Å². The lowest BCUT2D eigenvalue weighted by Gasteiger charge is -2.25. The Morgan fingerprint density at radius 2 is 1.74 bits per heavy atom. The van der Waals surface area contributed by atoms with E-state index in [4.69, 9.17) is 4.74 Å². The molecule has 0 unspecified atom stereocenters. The van der Waals surface area contributed by atoms with Gasteiger partial charge in [-0.25, -0.2) is 13.1 Å². The molecule has 0 aliphatic heterocycles. The number of hydrogen-bond donors (Lipinski definition) is 3. The number of halogens is 2. The molecular formula is C30H43F2N3O6S. The molecule has 1 heterocycles. The Morgan fingerprint density at radius 3 is 2.31 bits per heavy atom. The summed E-state index contributed by atoms with van der Waals surface area (Å²) >= 11 is 0. The van der Waals surface area contributed by atoms with Crippen molar-refractivity contribution in [3.8, 4) is 17.0 Å². The number of benzene rings is 1. The van der Waals surface area contributed by atoms with E-state index in [9.17, 15) is 31.9 Å². The molecule has 1 aliphatic carbocycles. The van der Waals surface area contributed by atoms with Gasteiger partial charge in [0.05, 0.1) is 11.0 Å². The number of amides is 1. The van der Waals surface area contributed by atoms with Crippen LogP contribution < -0.4 is 14.8 Å². The van der Waals surface area contributed by atoms with Crippen molar-refractivity contribution >= 4 is 21.9 Å². The Kier molecular flexibility index (Phi) is 10.5. The summed E-state index contributed by atoms with van der Waals surface area (Å²) in [4.78, 5) is 24.3. The fourth-order valence-electron chi connectivity index (χ4n) is 5.20. The maximum Gasteiger partial charge on any atom is 0.387 e. The Bertz CT molecular complexity index is 1390. The minimum atomic E-state index is -4.19. The van der Waals surface area contributed by atoms with Crippen LogP contribution >= 0.6 is 0 Å². The van der Waals surface area contributed by atoms with E-state index in [2.05, 4.69) is 10.0 Å². The van der Waals surface area contributed by atoms with Gasteiger partial charge in [-0.2, -0.15) is 8.78 Å². The quantitative estimate of drug-likeness (QED) is 0.272. The van der Waals surface area contributed by atoms with Crippen LogP contribution in [-0.4, -0.2) is 48.7 Å². The summed E-state index contributed by atoms with van der Waals surface area (Å²) in [5.74, 6) is -1.47. The Hall–Kier alpha value is -2.99. The van der Waals surface area contributed by atoms with Gasteiger partial charge in [-0.05, 0) is 84.9 Å². The molecule has 12 heteroatoms. The Labute approximate surface area is 247 Å². The molecule has 2 aromatic rings. The van der Waals surface area contributed by atoms with Gasteiger partial charge in [0.1, 0.15) is 10.6 Å². The van der Waals surface area contributed by atoms with Crippen molar-refractivity contribution in [2.75, 3.05) is 6.54 Å². The molecule has 3 rings (SSSR count). The molecule has 3 N–H and O–H groups in total. The molecule has 1 aromatic carbocycles. The maximum atomic E-state index is 13.4. The summed E-state index contributed by atoms with van der Waals surface area (Å²) in [5.41, 5.74) is 0.175. The fraction of sp³-hybridized carbons (Fsp3) is 0.600. The Balaban J connectivity index is 2.05. The highest BCUT2D eigenvalue weighted by Gasteiger charge is 2.29. The molecule has 1 fully saturated rings. The van der Waals surface area contributed by atoms with Crippen molar-refractivity contribution in [1.82, 2.24) is 14.6 Å². The number of carboxylic acids is 1. The van der Waals surface area contributed by atoms with Crippen LogP contribution in [0.1, 0.15) is 89.2 Å². The Morgan fingerprint density at radius 1 is 1.10 bits per heavy atom. The average molecular weight is 612 g/mol. The molecule has 1 aromatic heterocycles. The zero-order valence-electron chi connectivity index (χ0n) is 25.2. The minimum Gasteiger partial charge on any atom is -0.481 e. The topological polar surface area (TPSA) is 127 Å². The van der Waals surface area contributed by atoms with Gasteiger partial charge < -0.3 is 19.7 Å². The first-order valence-electron chi connectivity index (χ1n) is 14.3. The summed E-state index contributed by atoms with van der Waals surface area (Å²) in [6.45, 7) is 7.42. The van der Waals surface area contributed by atoms with E-state index in [0.29, 0.717) is 35.0 Å². The molecule has 1 aliphatic rings. The molecule has 1 saturated carbocycles. The van der Waals surface area contributed by atoms with Crippen LogP contribution in [0.5, 0.6) is 5.75 Å². The van der Waals surface area contributed by atoms with Crippen molar-refractivity contribution in [2.45, 2.75) is 104 Å². The predicted molar refractivity (Wildman–Crippen MR) is 156 cm³/mol. The third-order valence-corrected chi connectivity index (χ3v) is 9.37. The SMILES string of the molecule is Cc1c(C(=O)NCCC(C)(C)C(=O)O)cc(-c2ccc(S(=O)(=O)NC(C)(C)C)c(OC(F)F)c2)n1CC1CCCCC1. The van der Waals surface area contributed by atoms with Crippen LogP contribution in [0.3, 0.4) is 0 Å². The molecule has 0 spiro atoms. The summed E-state index contributed by atoms with van der Waals surface area (Å²) in [5, 5.41) is 12.2. The zero-order chi connectivity index (χ0) is 31.5. The first kappa shape index (κ1) is 33.5. The van der Waals surface area contributed by atoms with E-state index >= 15 is 0 Å². The number of ether oxygens (including phenoxy) is 1. The van der Waals surface area contributed by atoms with Crippen LogP contribution in [0.4, 0.5) is 8.78 Å². The minimum absolute atomic E-state index is 0.153. The molecular weight excluding hydrogens is 568 g/mol.